The van der Waals surface area contributed by atoms with Gasteiger partial charge in [0.25, 0.3) is 5.91 Å². The second-order valence-corrected chi connectivity index (χ2v) is 20.2. The van der Waals surface area contributed by atoms with E-state index < -0.39 is 5.97 Å². The maximum absolute atomic E-state index is 12.3. The maximum atomic E-state index is 12.3. The number of aliphatic carboxylic acids is 1. The number of benzene rings is 8. The van der Waals surface area contributed by atoms with Gasteiger partial charge in [0.2, 0.25) is 5.78 Å². The standard InChI is InChI=1S/C20H20N4O.C19H17NO2.C17H13NO.C17H15N.CH5N3.CH4.B.Na.H/c21-20(22)23-19(25)14-24-17(13-15-7-3-1-4-8-15)11-12-18(24)16-9-5-2-6-10-16;21-19(22)14-20-17(13-15-7-3-1-4-8-15)11-12-18(20)16-9-5-2-6-10-16;19-17(14-9-5-2-6-10-14)16-12-11-15(18-16)13-7-3-1-4-8-13;1-3-7-14(8-4-1)13-16-11-12-17(18-16)15-9-5-2-6-10-15;2-1(3)4;;;;/h1-12H,13-14H2,(H4,21,22,23,25);1-12H,13-14H2,(H,21,22);1-12,18H;1-12,18H,13H2;(H5,2,3,4);1H4;;;/q;;;;;;;+1;-1. The van der Waals surface area contributed by atoms with Crippen LogP contribution in [0.1, 0.15) is 58.7 Å². The molecule has 16 heteroatoms. The van der Waals surface area contributed by atoms with E-state index in [0.29, 0.717) is 11.3 Å². The number of rotatable bonds is 16. The Morgan fingerprint density at radius 1 is 0.429 bits per heavy atom. The molecule has 91 heavy (non-hydrogen) atoms. The van der Waals surface area contributed by atoms with Gasteiger partial charge in [-0.25, -0.2) is 0 Å². The summed E-state index contributed by atoms with van der Waals surface area (Å²) >= 11 is 0. The third-order valence-corrected chi connectivity index (χ3v) is 13.7. The number of aromatic nitrogens is 4. The number of ketones is 1. The fourth-order valence-corrected chi connectivity index (χ4v) is 9.69. The Morgan fingerprint density at radius 2 is 0.769 bits per heavy atom. The van der Waals surface area contributed by atoms with Gasteiger partial charge in [-0.3, -0.25) is 19.8 Å². The first-order valence-corrected chi connectivity index (χ1v) is 28.5. The van der Waals surface area contributed by atoms with Gasteiger partial charge in [-0.05, 0) is 87.5 Å². The molecule has 0 saturated heterocycles. The zero-order valence-corrected chi connectivity index (χ0v) is 52.1. The number of hydrogen-bond acceptors (Lipinski definition) is 4. The van der Waals surface area contributed by atoms with Gasteiger partial charge < -0.3 is 48.6 Å². The average Bonchev–Trinajstić information content (AvgIpc) is 1.95. The summed E-state index contributed by atoms with van der Waals surface area (Å²) in [6, 6.07) is 96.4. The Hall–Kier alpha value is -10.7. The number of carbonyl (C=O) groups excluding carboxylic acids is 2. The molecule has 1 amide bonds. The number of amides is 1. The van der Waals surface area contributed by atoms with E-state index in [1.807, 2.05) is 215 Å². The van der Waals surface area contributed by atoms with Crippen molar-refractivity contribution in [3.8, 4) is 45.0 Å². The molecule has 8 aromatic carbocycles. The Morgan fingerprint density at radius 3 is 1.16 bits per heavy atom. The zero-order valence-electron chi connectivity index (χ0n) is 51.1. The largest absolute Gasteiger partial charge is 1.00 e. The van der Waals surface area contributed by atoms with Crippen LogP contribution in [0.4, 0.5) is 0 Å². The first-order valence-electron chi connectivity index (χ1n) is 28.5. The molecular formula is C75H75BN10NaO4. The summed E-state index contributed by atoms with van der Waals surface area (Å²) in [5.74, 6) is -1.74. The number of carboxylic acids is 1. The van der Waals surface area contributed by atoms with Crippen molar-refractivity contribution in [3.05, 3.63) is 336 Å². The van der Waals surface area contributed by atoms with Gasteiger partial charge in [0.15, 0.2) is 11.9 Å². The van der Waals surface area contributed by atoms with Crippen molar-refractivity contribution in [1.82, 2.24) is 19.1 Å². The Kier molecular flexibility index (Phi) is 29.1. The van der Waals surface area contributed by atoms with E-state index in [0.717, 1.165) is 64.4 Å². The van der Waals surface area contributed by atoms with Gasteiger partial charge in [-0.15, -0.1) is 0 Å². The predicted octanol–water partition coefficient (Wildman–Crippen LogP) is 10.8. The molecule has 12 rings (SSSR count). The number of guanidine groups is 2. The maximum Gasteiger partial charge on any atom is 1.00 e. The van der Waals surface area contributed by atoms with Gasteiger partial charge in [0.05, 0.1) is 5.69 Å². The third kappa shape index (κ3) is 22.4. The van der Waals surface area contributed by atoms with Gasteiger partial charge in [-0.1, -0.05) is 250 Å². The number of nitrogens with one attached hydrogen (secondary N) is 3. The van der Waals surface area contributed by atoms with E-state index >= 15 is 0 Å². The van der Waals surface area contributed by atoms with E-state index in [1.165, 1.54) is 33.6 Å². The summed E-state index contributed by atoms with van der Waals surface area (Å²) in [4.78, 5) is 45.9. The minimum absolute atomic E-state index is 0. The number of aliphatic imine (C=N–C) groups is 1. The first-order chi connectivity index (χ1) is 42.9. The van der Waals surface area contributed by atoms with Crippen LogP contribution in [-0.4, -0.2) is 62.2 Å². The van der Waals surface area contributed by atoms with E-state index in [-0.39, 0.29) is 83.5 Å². The Balaban J connectivity index is 0.000000254. The first kappa shape index (κ1) is 71.1. The predicted molar refractivity (Wildman–Crippen MR) is 368 cm³/mol. The van der Waals surface area contributed by atoms with Crippen LogP contribution < -0.4 is 52.5 Å². The van der Waals surface area contributed by atoms with Crippen molar-refractivity contribution in [3.63, 3.8) is 0 Å². The molecule has 0 aliphatic rings. The second kappa shape index (κ2) is 37.2. The summed E-state index contributed by atoms with van der Waals surface area (Å²) in [5.41, 5.74) is 36.3. The summed E-state index contributed by atoms with van der Waals surface area (Å²) < 4.78 is 3.85. The van der Waals surface area contributed by atoms with Crippen molar-refractivity contribution >= 4 is 38.0 Å². The molecule has 0 spiro atoms. The molecule has 0 saturated carbocycles. The van der Waals surface area contributed by atoms with Gasteiger partial charge in [-0.2, -0.15) is 4.99 Å². The van der Waals surface area contributed by atoms with Crippen LogP contribution in [0, 0.1) is 5.41 Å². The number of aromatic amines is 2. The van der Waals surface area contributed by atoms with Gasteiger partial charge in [0.1, 0.15) is 13.1 Å². The van der Waals surface area contributed by atoms with Crippen LogP contribution >= 0.6 is 0 Å². The molecule has 0 aliphatic carbocycles. The minimum Gasteiger partial charge on any atom is -1.00 e. The smallest absolute Gasteiger partial charge is 1.00 e. The van der Waals surface area contributed by atoms with Crippen LogP contribution in [0.15, 0.2) is 296 Å². The van der Waals surface area contributed by atoms with Crippen LogP contribution in [0.3, 0.4) is 0 Å². The molecule has 0 aliphatic heterocycles. The van der Waals surface area contributed by atoms with E-state index in [9.17, 15) is 19.5 Å². The fraction of sp³-hybridized carbons (Fsp3) is 0.0800. The quantitative estimate of drug-likeness (QED) is 0.0199. The molecule has 14 nitrogen and oxygen atoms in total. The third-order valence-electron chi connectivity index (χ3n) is 13.7. The molecule has 0 unspecified atom stereocenters. The number of carboxylic acid groups (broad SMARTS) is 1. The summed E-state index contributed by atoms with van der Waals surface area (Å²) in [6.07, 6.45) is 2.40. The van der Waals surface area contributed by atoms with Crippen LogP contribution in [-0.2, 0) is 41.9 Å². The van der Waals surface area contributed by atoms with Crippen molar-refractivity contribution < 1.29 is 50.5 Å². The molecule has 12 aromatic rings. The Bertz CT molecular complexity index is 4130. The summed E-state index contributed by atoms with van der Waals surface area (Å²) in [7, 11) is 0. The topological polar surface area (TPSA) is 253 Å². The molecule has 0 fully saturated rings. The van der Waals surface area contributed by atoms with Crippen LogP contribution in [0.25, 0.3) is 45.0 Å². The molecule has 12 N–H and O–H groups in total. The number of nitrogens with zero attached hydrogens (tertiary/aromatic N) is 3. The van der Waals surface area contributed by atoms with Crippen molar-refractivity contribution in [1.29, 1.82) is 5.41 Å². The van der Waals surface area contributed by atoms with Gasteiger partial charge >= 0.3 is 35.5 Å². The van der Waals surface area contributed by atoms with Crippen molar-refractivity contribution in [2.24, 2.45) is 27.9 Å². The fourth-order valence-electron chi connectivity index (χ4n) is 9.69. The second-order valence-electron chi connectivity index (χ2n) is 20.2. The van der Waals surface area contributed by atoms with Crippen LogP contribution in [0.2, 0.25) is 0 Å². The number of carbonyl (C=O) groups is 3. The number of H-pyrrole nitrogens is 2. The van der Waals surface area contributed by atoms with Crippen molar-refractivity contribution in [2.45, 2.75) is 39.8 Å². The SMILES string of the molecule is C.N=C(N)N.NC(N)=NC(=O)Cn1c(Cc2ccccc2)ccc1-c1ccccc1.O=C(O)Cn1c(Cc2ccccc2)ccc1-c1ccccc1.O=C(c1ccccc1)c1ccc(-c2ccccc2)[nH]1.[B].[H-].[Na+].c1ccc(Cc2ccc(-c3ccccc3)[nH]2)cc1. The molecule has 3 radical (unpaired) electrons. The van der Waals surface area contributed by atoms with Crippen LogP contribution in [0.5, 0.6) is 0 Å². The summed E-state index contributed by atoms with van der Waals surface area (Å²) in [5, 5.41) is 15.3. The normalized spacial score (nSPS) is 9.89. The molecule has 4 heterocycles. The monoisotopic (exact) mass is 1210 g/mol. The Labute approximate surface area is 558 Å². The average molecular weight is 1210 g/mol. The number of hydrogen-bond donors (Lipinski definition) is 8. The molecule has 0 bridgehead atoms. The molecular weight excluding hydrogens is 1140 g/mol. The van der Waals surface area contributed by atoms with Crippen molar-refractivity contribution in [2.75, 3.05) is 0 Å². The number of nitrogens with two attached hydrogens (primary N) is 4. The van der Waals surface area contributed by atoms with E-state index in [4.69, 9.17) is 16.9 Å². The van der Waals surface area contributed by atoms with Gasteiger partial charge in [0, 0.05) is 73.1 Å². The zero-order chi connectivity index (χ0) is 61.9. The van der Waals surface area contributed by atoms with E-state index in [2.05, 4.69) is 111 Å². The van der Waals surface area contributed by atoms with E-state index in [1.54, 1.807) is 0 Å². The molecule has 453 valence electrons. The molecule has 0 atom stereocenters. The minimum atomic E-state index is -0.831. The molecule has 4 aromatic heterocycles. The summed E-state index contributed by atoms with van der Waals surface area (Å²) in [6.45, 7) is 0.0662.